The highest BCUT2D eigenvalue weighted by atomic mass is 32.2. The lowest BCUT2D eigenvalue weighted by Crippen LogP contribution is -2.27. The maximum absolute atomic E-state index is 13.0. The zero-order valence-electron chi connectivity index (χ0n) is 17.9. The molecule has 9 nitrogen and oxygen atoms in total. The molecule has 1 saturated heterocycles. The molecular formula is C22H24N4O5S. The molecule has 1 fully saturated rings. The fourth-order valence-corrected chi connectivity index (χ4v) is 4.84. The SMILES string of the molecule is COc1cccc(CNS(=O)(=O)c2cc(-c3noc(C(=O)N4CCCC4)n3)ccc2C)c1. The van der Waals surface area contributed by atoms with Gasteiger partial charge in [0.05, 0.1) is 12.0 Å². The average Bonchev–Trinajstić information content (AvgIpc) is 3.50. The van der Waals surface area contributed by atoms with Gasteiger partial charge < -0.3 is 14.2 Å². The minimum absolute atomic E-state index is 0.0944. The van der Waals surface area contributed by atoms with E-state index < -0.39 is 10.0 Å². The van der Waals surface area contributed by atoms with Crippen LogP contribution in [0.15, 0.2) is 51.9 Å². The Kier molecular flexibility index (Phi) is 6.24. The van der Waals surface area contributed by atoms with Gasteiger partial charge in [-0.2, -0.15) is 4.98 Å². The van der Waals surface area contributed by atoms with Crippen molar-refractivity contribution in [1.29, 1.82) is 0 Å². The zero-order valence-corrected chi connectivity index (χ0v) is 18.7. The number of carbonyl (C=O) groups is 1. The number of sulfonamides is 1. The molecule has 0 unspecified atom stereocenters. The van der Waals surface area contributed by atoms with Gasteiger partial charge in [-0.1, -0.05) is 29.4 Å². The number of rotatable bonds is 7. The molecule has 0 saturated carbocycles. The van der Waals surface area contributed by atoms with E-state index in [1.165, 1.54) is 6.07 Å². The van der Waals surface area contributed by atoms with Crippen molar-refractivity contribution >= 4 is 15.9 Å². The van der Waals surface area contributed by atoms with E-state index in [1.54, 1.807) is 49.3 Å². The molecule has 2 aromatic carbocycles. The van der Waals surface area contributed by atoms with Crippen LogP contribution in [0.1, 0.15) is 34.7 Å². The lowest BCUT2D eigenvalue weighted by molar-refractivity contribution is 0.0743. The van der Waals surface area contributed by atoms with Crippen LogP contribution < -0.4 is 9.46 Å². The van der Waals surface area contributed by atoms with Gasteiger partial charge in [0, 0.05) is 25.2 Å². The first-order chi connectivity index (χ1) is 15.4. The summed E-state index contributed by atoms with van der Waals surface area (Å²) in [5, 5.41) is 3.88. The molecule has 2 heterocycles. The molecule has 10 heteroatoms. The van der Waals surface area contributed by atoms with Crippen molar-refractivity contribution in [3.63, 3.8) is 0 Å². The number of hydrogen-bond acceptors (Lipinski definition) is 7. The van der Waals surface area contributed by atoms with Crippen LogP contribution in [-0.4, -0.2) is 49.6 Å². The molecule has 1 aliphatic heterocycles. The third kappa shape index (κ3) is 4.66. The number of benzene rings is 2. The van der Waals surface area contributed by atoms with E-state index in [0.717, 1.165) is 18.4 Å². The van der Waals surface area contributed by atoms with E-state index in [1.807, 2.05) is 6.07 Å². The first-order valence-corrected chi connectivity index (χ1v) is 11.7. The largest absolute Gasteiger partial charge is 0.497 e. The van der Waals surface area contributed by atoms with Crippen LogP contribution >= 0.6 is 0 Å². The lowest BCUT2D eigenvalue weighted by Gasteiger charge is -2.11. The summed E-state index contributed by atoms with van der Waals surface area (Å²) < 4.78 is 38.9. The zero-order chi connectivity index (χ0) is 22.7. The maximum Gasteiger partial charge on any atom is 0.316 e. The molecule has 1 aromatic heterocycles. The summed E-state index contributed by atoms with van der Waals surface area (Å²) in [6, 6.07) is 12.0. The van der Waals surface area contributed by atoms with Crippen LogP contribution in [0.3, 0.4) is 0 Å². The fraction of sp³-hybridized carbons (Fsp3) is 0.318. The predicted molar refractivity (Wildman–Crippen MR) is 117 cm³/mol. The molecule has 1 aliphatic rings. The summed E-state index contributed by atoms with van der Waals surface area (Å²) in [6.45, 7) is 3.16. The Morgan fingerprint density at radius 3 is 2.72 bits per heavy atom. The Morgan fingerprint density at radius 2 is 1.97 bits per heavy atom. The Balaban J connectivity index is 1.55. The Bertz CT molecular complexity index is 1230. The number of nitrogens with one attached hydrogen (secondary N) is 1. The van der Waals surface area contributed by atoms with Gasteiger partial charge in [-0.15, -0.1) is 0 Å². The van der Waals surface area contributed by atoms with E-state index in [0.29, 0.717) is 30.0 Å². The summed E-state index contributed by atoms with van der Waals surface area (Å²) in [7, 11) is -2.26. The minimum atomic E-state index is -3.81. The molecular weight excluding hydrogens is 432 g/mol. The number of carbonyl (C=O) groups excluding carboxylic acids is 1. The molecule has 0 spiro atoms. The first-order valence-electron chi connectivity index (χ1n) is 10.2. The molecule has 1 N–H and O–H groups in total. The second-order valence-corrected chi connectivity index (χ2v) is 9.31. The van der Waals surface area contributed by atoms with E-state index >= 15 is 0 Å². The predicted octanol–water partition coefficient (Wildman–Crippen LogP) is 2.77. The van der Waals surface area contributed by atoms with Crippen LogP contribution in [0.2, 0.25) is 0 Å². The van der Waals surface area contributed by atoms with Gasteiger partial charge in [0.2, 0.25) is 15.8 Å². The highest BCUT2D eigenvalue weighted by Gasteiger charge is 2.25. The van der Waals surface area contributed by atoms with Crippen molar-refractivity contribution in [2.45, 2.75) is 31.2 Å². The van der Waals surface area contributed by atoms with Crippen molar-refractivity contribution in [1.82, 2.24) is 19.8 Å². The first kappa shape index (κ1) is 22.0. The van der Waals surface area contributed by atoms with E-state index in [9.17, 15) is 13.2 Å². The molecule has 4 rings (SSSR count). The van der Waals surface area contributed by atoms with E-state index in [2.05, 4.69) is 14.9 Å². The number of aryl methyl sites for hydroxylation is 1. The van der Waals surface area contributed by atoms with Gasteiger partial charge in [-0.25, -0.2) is 13.1 Å². The summed E-state index contributed by atoms with van der Waals surface area (Å²) in [6.07, 6.45) is 1.91. The van der Waals surface area contributed by atoms with Crippen molar-refractivity contribution < 1.29 is 22.5 Å². The second-order valence-electron chi connectivity index (χ2n) is 7.58. The van der Waals surface area contributed by atoms with Gasteiger partial charge in [0.25, 0.3) is 0 Å². The molecule has 1 amide bonds. The Morgan fingerprint density at radius 1 is 1.19 bits per heavy atom. The number of likely N-dealkylation sites (tertiary alicyclic amines) is 1. The van der Waals surface area contributed by atoms with Crippen molar-refractivity contribution in [2.75, 3.05) is 20.2 Å². The summed E-state index contributed by atoms with van der Waals surface area (Å²) in [4.78, 5) is 18.4. The topological polar surface area (TPSA) is 115 Å². The highest BCUT2D eigenvalue weighted by Crippen LogP contribution is 2.24. The van der Waals surface area contributed by atoms with Crippen LogP contribution in [0, 0.1) is 6.92 Å². The van der Waals surface area contributed by atoms with Crippen molar-refractivity contribution in [2.24, 2.45) is 0 Å². The number of ether oxygens (including phenoxy) is 1. The molecule has 3 aromatic rings. The van der Waals surface area contributed by atoms with Crippen molar-refractivity contribution in [3.05, 3.63) is 59.5 Å². The normalized spacial score (nSPS) is 14.0. The number of amides is 1. The maximum atomic E-state index is 13.0. The third-order valence-corrected chi connectivity index (χ3v) is 6.88. The molecule has 168 valence electrons. The molecule has 0 bridgehead atoms. The van der Waals surface area contributed by atoms with E-state index in [4.69, 9.17) is 9.26 Å². The number of methoxy groups -OCH3 is 1. The third-order valence-electron chi connectivity index (χ3n) is 5.34. The molecule has 0 radical (unpaired) electrons. The summed E-state index contributed by atoms with van der Waals surface area (Å²) in [5.74, 6) is 0.414. The fourth-order valence-electron chi connectivity index (χ4n) is 3.55. The van der Waals surface area contributed by atoms with Crippen LogP contribution in [0.4, 0.5) is 0 Å². The van der Waals surface area contributed by atoms with Crippen molar-refractivity contribution in [3.8, 4) is 17.1 Å². The van der Waals surface area contributed by atoms with Crippen LogP contribution in [0.5, 0.6) is 5.75 Å². The summed E-state index contributed by atoms with van der Waals surface area (Å²) >= 11 is 0. The Hall–Kier alpha value is -3.24. The van der Waals surface area contributed by atoms with E-state index in [-0.39, 0.29) is 29.1 Å². The van der Waals surface area contributed by atoms with Gasteiger partial charge in [-0.3, -0.25) is 4.79 Å². The van der Waals surface area contributed by atoms with Gasteiger partial charge in [-0.05, 0) is 49.1 Å². The number of hydrogen-bond donors (Lipinski definition) is 1. The Labute approximate surface area is 186 Å². The molecule has 0 atom stereocenters. The lowest BCUT2D eigenvalue weighted by atomic mass is 10.1. The van der Waals surface area contributed by atoms with Gasteiger partial charge >= 0.3 is 11.8 Å². The molecule has 32 heavy (non-hydrogen) atoms. The van der Waals surface area contributed by atoms with Gasteiger partial charge in [0.15, 0.2) is 0 Å². The number of nitrogens with zero attached hydrogens (tertiary/aromatic N) is 3. The summed E-state index contributed by atoms with van der Waals surface area (Å²) in [5.41, 5.74) is 1.79. The smallest absolute Gasteiger partial charge is 0.316 e. The molecule has 0 aliphatic carbocycles. The second kappa shape index (κ2) is 9.09. The minimum Gasteiger partial charge on any atom is -0.497 e. The highest BCUT2D eigenvalue weighted by molar-refractivity contribution is 7.89. The quantitative estimate of drug-likeness (QED) is 0.581. The van der Waals surface area contributed by atoms with Crippen LogP contribution in [0.25, 0.3) is 11.4 Å². The van der Waals surface area contributed by atoms with Gasteiger partial charge in [0.1, 0.15) is 5.75 Å². The average molecular weight is 457 g/mol. The van der Waals surface area contributed by atoms with Crippen LogP contribution in [-0.2, 0) is 16.6 Å². The standard InChI is InChI=1S/C22H24N4O5S/c1-15-8-9-17(20-24-21(31-25-20)22(27)26-10-3-4-11-26)13-19(15)32(28,29)23-14-16-6-5-7-18(12-16)30-2/h5-9,12-13,23H,3-4,10-11,14H2,1-2H3. The monoisotopic (exact) mass is 456 g/mol. The number of aromatic nitrogens is 2.